The minimum absolute atomic E-state index is 0.116. The summed E-state index contributed by atoms with van der Waals surface area (Å²) in [4.78, 5) is 25.0. The molecule has 0 bridgehead atoms. The Labute approximate surface area is 148 Å². The van der Waals surface area contributed by atoms with Crippen LogP contribution in [0.2, 0.25) is 0 Å². The summed E-state index contributed by atoms with van der Waals surface area (Å²) < 4.78 is 5.35. The second-order valence-electron chi connectivity index (χ2n) is 6.87. The van der Waals surface area contributed by atoms with Crippen LogP contribution in [0, 0.1) is 13.8 Å². The van der Waals surface area contributed by atoms with Gasteiger partial charge in [-0.2, -0.15) is 0 Å². The summed E-state index contributed by atoms with van der Waals surface area (Å²) in [6.07, 6.45) is 3.84. The zero-order valence-corrected chi connectivity index (χ0v) is 15.5. The lowest BCUT2D eigenvalue weighted by atomic mass is 9.89. The maximum absolute atomic E-state index is 11.8. The van der Waals surface area contributed by atoms with E-state index in [2.05, 4.69) is 10.1 Å². The highest BCUT2D eigenvalue weighted by Crippen LogP contribution is 2.36. The standard InChI is InChI=1S/C18H25N5O2/c1-11-16(12(2)25-21-11)15-9-19-18(22(4)5)20-17(15)14-7-6-8-23(10-14)13(3)24/h9,14H,6-8,10H2,1-5H3/t14-/m1/s1. The molecule has 25 heavy (non-hydrogen) atoms. The summed E-state index contributed by atoms with van der Waals surface area (Å²) in [6, 6.07) is 0. The summed E-state index contributed by atoms with van der Waals surface area (Å²) in [5.74, 6) is 1.73. The highest BCUT2D eigenvalue weighted by atomic mass is 16.5. The number of likely N-dealkylation sites (tertiary alicyclic amines) is 1. The van der Waals surface area contributed by atoms with Crippen molar-refractivity contribution in [3.63, 3.8) is 0 Å². The van der Waals surface area contributed by atoms with E-state index in [9.17, 15) is 4.79 Å². The number of piperidine rings is 1. The van der Waals surface area contributed by atoms with E-state index in [0.29, 0.717) is 12.5 Å². The van der Waals surface area contributed by atoms with Crippen molar-refractivity contribution in [1.82, 2.24) is 20.0 Å². The molecule has 0 saturated carbocycles. The maximum Gasteiger partial charge on any atom is 0.225 e. The molecule has 0 radical (unpaired) electrons. The van der Waals surface area contributed by atoms with Gasteiger partial charge in [-0.15, -0.1) is 0 Å². The van der Waals surface area contributed by atoms with Crippen molar-refractivity contribution in [2.24, 2.45) is 0 Å². The Morgan fingerprint density at radius 3 is 2.72 bits per heavy atom. The first-order valence-corrected chi connectivity index (χ1v) is 8.61. The Bertz CT molecular complexity index is 764. The zero-order valence-electron chi connectivity index (χ0n) is 15.5. The first-order valence-electron chi connectivity index (χ1n) is 8.61. The molecular weight excluding hydrogens is 318 g/mol. The van der Waals surface area contributed by atoms with Gasteiger partial charge in [0, 0.05) is 51.8 Å². The van der Waals surface area contributed by atoms with Gasteiger partial charge in [0.1, 0.15) is 5.76 Å². The predicted octanol–water partition coefficient (Wildman–Crippen LogP) is 2.54. The molecule has 134 valence electrons. The number of nitrogens with zero attached hydrogens (tertiary/aromatic N) is 5. The van der Waals surface area contributed by atoms with E-state index in [-0.39, 0.29) is 11.8 Å². The molecule has 1 fully saturated rings. The van der Waals surface area contributed by atoms with Gasteiger partial charge in [-0.1, -0.05) is 5.16 Å². The third-order valence-electron chi connectivity index (χ3n) is 4.76. The fourth-order valence-corrected chi connectivity index (χ4v) is 3.46. The number of carbonyl (C=O) groups is 1. The van der Waals surface area contributed by atoms with Crippen LogP contribution in [0.25, 0.3) is 11.1 Å². The van der Waals surface area contributed by atoms with Gasteiger partial charge in [0.15, 0.2) is 0 Å². The average Bonchev–Trinajstić information content (AvgIpc) is 2.93. The minimum Gasteiger partial charge on any atom is -0.361 e. The summed E-state index contributed by atoms with van der Waals surface area (Å²) in [5.41, 5.74) is 3.72. The molecule has 0 spiro atoms. The van der Waals surface area contributed by atoms with Crippen LogP contribution >= 0.6 is 0 Å². The quantitative estimate of drug-likeness (QED) is 0.852. The smallest absolute Gasteiger partial charge is 0.225 e. The predicted molar refractivity (Wildman–Crippen MR) is 95.6 cm³/mol. The number of amides is 1. The number of carbonyl (C=O) groups excluding carboxylic acids is 1. The highest BCUT2D eigenvalue weighted by Gasteiger charge is 2.28. The molecule has 2 aromatic heterocycles. The van der Waals surface area contributed by atoms with Gasteiger partial charge in [0.05, 0.1) is 17.0 Å². The Hall–Kier alpha value is -2.44. The Balaban J connectivity index is 2.09. The molecule has 7 nitrogen and oxygen atoms in total. The number of anilines is 1. The largest absolute Gasteiger partial charge is 0.361 e. The van der Waals surface area contributed by atoms with Crippen molar-refractivity contribution in [2.45, 2.75) is 39.5 Å². The van der Waals surface area contributed by atoms with Crippen molar-refractivity contribution in [2.75, 3.05) is 32.1 Å². The highest BCUT2D eigenvalue weighted by molar-refractivity contribution is 5.74. The maximum atomic E-state index is 11.8. The van der Waals surface area contributed by atoms with Crippen LogP contribution in [-0.4, -0.2) is 53.1 Å². The van der Waals surface area contributed by atoms with E-state index in [1.807, 2.05) is 43.9 Å². The molecular formula is C18H25N5O2. The van der Waals surface area contributed by atoms with Crippen molar-refractivity contribution in [3.05, 3.63) is 23.3 Å². The van der Waals surface area contributed by atoms with Gasteiger partial charge in [-0.3, -0.25) is 4.79 Å². The van der Waals surface area contributed by atoms with Crippen LogP contribution in [0.4, 0.5) is 5.95 Å². The molecule has 1 amide bonds. The first kappa shape index (κ1) is 17.4. The Kier molecular flexibility index (Phi) is 4.74. The van der Waals surface area contributed by atoms with Crippen LogP contribution < -0.4 is 4.90 Å². The molecule has 3 rings (SSSR count). The third kappa shape index (κ3) is 3.36. The van der Waals surface area contributed by atoms with Gasteiger partial charge >= 0.3 is 0 Å². The third-order valence-corrected chi connectivity index (χ3v) is 4.76. The van der Waals surface area contributed by atoms with Crippen molar-refractivity contribution >= 4 is 11.9 Å². The van der Waals surface area contributed by atoms with E-state index >= 15 is 0 Å². The average molecular weight is 343 g/mol. The van der Waals surface area contributed by atoms with E-state index in [0.717, 1.165) is 47.7 Å². The molecule has 1 atom stereocenters. The molecule has 1 saturated heterocycles. The summed E-state index contributed by atoms with van der Waals surface area (Å²) in [6.45, 7) is 6.97. The van der Waals surface area contributed by atoms with E-state index < -0.39 is 0 Å². The van der Waals surface area contributed by atoms with Crippen LogP contribution in [-0.2, 0) is 4.79 Å². The molecule has 3 heterocycles. The monoisotopic (exact) mass is 343 g/mol. The molecule has 0 aromatic carbocycles. The van der Waals surface area contributed by atoms with Crippen molar-refractivity contribution in [1.29, 1.82) is 0 Å². The fourth-order valence-electron chi connectivity index (χ4n) is 3.46. The number of rotatable bonds is 3. The molecule has 1 aliphatic heterocycles. The summed E-state index contributed by atoms with van der Waals surface area (Å²) >= 11 is 0. The molecule has 7 heteroatoms. The minimum atomic E-state index is 0.116. The van der Waals surface area contributed by atoms with Crippen molar-refractivity contribution < 1.29 is 9.32 Å². The second kappa shape index (κ2) is 6.82. The number of hydrogen-bond donors (Lipinski definition) is 0. The number of aromatic nitrogens is 3. The lowest BCUT2D eigenvalue weighted by molar-refractivity contribution is -0.130. The van der Waals surface area contributed by atoms with Gasteiger partial charge in [-0.25, -0.2) is 9.97 Å². The van der Waals surface area contributed by atoms with Gasteiger partial charge < -0.3 is 14.3 Å². The van der Waals surface area contributed by atoms with E-state index in [1.165, 1.54) is 0 Å². The van der Waals surface area contributed by atoms with Crippen molar-refractivity contribution in [3.8, 4) is 11.1 Å². The lowest BCUT2D eigenvalue weighted by Crippen LogP contribution is -2.38. The van der Waals surface area contributed by atoms with Gasteiger partial charge in [-0.05, 0) is 26.7 Å². The zero-order chi connectivity index (χ0) is 18.1. The number of hydrogen-bond acceptors (Lipinski definition) is 6. The molecule has 0 unspecified atom stereocenters. The second-order valence-corrected chi connectivity index (χ2v) is 6.87. The SMILES string of the molecule is CC(=O)N1CCC[C@@H](c2nc(N(C)C)ncc2-c2c(C)noc2C)C1. The van der Waals surface area contributed by atoms with Crippen LogP contribution in [0.3, 0.4) is 0 Å². The molecule has 0 N–H and O–H groups in total. The number of aryl methyl sites for hydroxylation is 2. The van der Waals surface area contributed by atoms with E-state index in [1.54, 1.807) is 6.92 Å². The Morgan fingerprint density at radius 1 is 1.36 bits per heavy atom. The van der Waals surface area contributed by atoms with Crippen LogP contribution in [0.1, 0.15) is 42.8 Å². The Morgan fingerprint density at radius 2 is 2.12 bits per heavy atom. The fraction of sp³-hybridized carbons (Fsp3) is 0.556. The summed E-state index contributed by atoms with van der Waals surface area (Å²) in [7, 11) is 3.86. The van der Waals surface area contributed by atoms with E-state index in [4.69, 9.17) is 9.51 Å². The van der Waals surface area contributed by atoms with Crippen LogP contribution in [0.5, 0.6) is 0 Å². The summed E-state index contributed by atoms with van der Waals surface area (Å²) in [5, 5.41) is 4.07. The molecule has 0 aliphatic carbocycles. The van der Waals surface area contributed by atoms with Gasteiger partial charge in [0.2, 0.25) is 11.9 Å². The lowest BCUT2D eigenvalue weighted by Gasteiger charge is -2.32. The van der Waals surface area contributed by atoms with Crippen LogP contribution in [0.15, 0.2) is 10.7 Å². The first-order chi connectivity index (χ1) is 11.9. The van der Waals surface area contributed by atoms with Gasteiger partial charge in [0.25, 0.3) is 0 Å². The topological polar surface area (TPSA) is 75.4 Å². The molecule has 2 aromatic rings. The normalized spacial score (nSPS) is 17.6. The molecule has 1 aliphatic rings.